The smallest absolute Gasteiger partial charge is 0.0610 e. The topological polar surface area (TPSA) is 12.5 Å². The third-order valence-corrected chi connectivity index (χ3v) is 3.39. The van der Waals surface area contributed by atoms with E-state index in [0.29, 0.717) is 12.1 Å². The fourth-order valence-corrected chi connectivity index (χ4v) is 2.04. The standard InChI is InChI=1S/C13H19NO/c1-10-4-6-11(7-5-10)14(2)12-8-13(9-12)15-3/h4-7,12-13H,8-9H2,1-3H3. The highest BCUT2D eigenvalue weighted by Crippen LogP contribution is 2.30. The lowest BCUT2D eigenvalue weighted by Gasteiger charge is -2.41. The van der Waals surface area contributed by atoms with Gasteiger partial charge in [-0.05, 0) is 31.9 Å². The summed E-state index contributed by atoms with van der Waals surface area (Å²) in [6.07, 6.45) is 2.78. The molecule has 1 saturated carbocycles. The number of hydrogen-bond donors (Lipinski definition) is 0. The van der Waals surface area contributed by atoms with Gasteiger partial charge in [0.2, 0.25) is 0 Å². The van der Waals surface area contributed by atoms with Crippen LogP contribution < -0.4 is 4.90 Å². The van der Waals surface area contributed by atoms with Crippen molar-refractivity contribution in [2.45, 2.75) is 31.9 Å². The van der Waals surface area contributed by atoms with Crippen LogP contribution in [0, 0.1) is 6.92 Å². The van der Waals surface area contributed by atoms with Gasteiger partial charge in [-0.1, -0.05) is 17.7 Å². The highest BCUT2D eigenvalue weighted by atomic mass is 16.5. The number of nitrogens with zero attached hydrogens (tertiary/aromatic N) is 1. The Morgan fingerprint density at radius 1 is 1.20 bits per heavy atom. The van der Waals surface area contributed by atoms with Crippen LogP contribution in [0.15, 0.2) is 24.3 Å². The minimum Gasteiger partial charge on any atom is -0.381 e. The molecule has 1 aromatic carbocycles. The molecule has 0 amide bonds. The van der Waals surface area contributed by atoms with Crippen molar-refractivity contribution in [3.63, 3.8) is 0 Å². The van der Waals surface area contributed by atoms with E-state index in [4.69, 9.17) is 4.74 Å². The molecule has 82 valence electrons. The number of methoxy groups -OCH3 is 1. The number of hydrogen-bond acceptors (Lipinski definition) is 2. The van der Waals surface area contributed by atoms with Crippen molar-refractivity contribution in [3.05, 3.63) is 29.8 Å². The Bertz CT molecular complexity index is 314. The second-order valence-corrected chi connectivity index (χ2v) is 4.43. The fourth-order valence-electron chi connectivity index (χ4n) is 2.04. The number of ether oxygens (including phenoxy) is 1. The van der Waals surface area contributed by atoms with Gasteiger partial charge in [0.25, 0.3) is 0 Å². The second-order valence-electron chi connectivity index (χ2n) is 4.43. The van der Waals surface area contributed by atoms with E-state index < -0.39 is 0 Å². The first-order valence-corrected chi connectivity index (χ1v) is 5.53. The molecule has 2 rings (SSSR count). The molecule has 0 radical (unpaired) electrons. The van der Waals surface area contributed by atoms with Crippen molar-refractivity contribution in [1.29, 1.82) is 0 Å². The van der Waals surface area contributed by atoms with Crippen molar-refractivity contribution < 1.29 is 4.74 Å². The molecule has 0 aliphatic heterocycles. The molecule has 0 spiro atoms. The highest BCUT2D eigenvalue weighted by molar-refractivity contribution is 5.48. The van der Waals surface area contributed by atoms with E-state index in [2.05, 4.69) is 43.1 Å². The van der Waals surface area contributed by atoms with Crippen LogP contribution in [0.5, 0.6) is 0 Å². The molecular weight excluding hydrogens is 186 g/mol. The molecule has 1 aliphatic carbocycles. The SMILES string of the molecule is COC1CC(N(C)c2ccc(C)cc2)C1. The average Bonchev–Trinajstić information content (AvgIpc) is 2.17. The molecular formula is C13H19NO. The first kappa shape index (κ1) is 10.5. The summed E-state index contributed by atoms with van der Waals surface area (Å²) in [4.78, 5) is 2.36. The summed E-state index contributed by atoms with van der Waals surface area (Å²) in [7, 11) is 3.97. The zero-order valence-corrected chi connectivity index (χ0v) is 9.73. The largest absolute Gasteiger partial charge is 0.381 e. The minimum absolute atomic E-state index is 0.475. The summed E-state index contributed by atoms with van der Waals surface area (Å²) >= 11 is 0. The second kappa shape index (κ2) is 4.23. The molecule has 0 aromatic heterocycles. The van der Waals surface area contributed by atoms with Gasteiger partial charge in [0, 0.05) is 25.9 Å². The molecule has 1 fully saturated rings. The normalized spacial score (nSPS) is 24.7. The van der Waals surface area contributed by atoms with E-state index in [1.54, 1.807) is 7.11 Å². The van der Waals surface area contributed by atoms with Crippen LogP contribution >= 0.6 is 0 Å². The molecule has 0 heterocycles. The Hall–Kier alpha value is -1.02. The van der Waals surface area contributed by atoms with Crippen LogP contribution in [0.3, 0.4) is 0 Å². The quantitative estimate of drug-likeness (QED) is 0.752. The summed E-state index contributed by atoms with van der Waals surface area (Å²) in [6, 6.07) is 9.36. The Morgan fingerprint density at radius 2 is 1.80 bits per heavy atom. The predicted octanol–water partition coefficient (Wildman–Crippen LogP) is 2.61. The predicted molar refractivity (Wildman–Crippen MR) is 63.4 cm³/mol. The zero-order valence-electron chi connectivity index (χ0n) is 9.73. The van der Waals surface area contributed by atoms with Crippen molar-refractivity contribution in [1.82, 2.24) is 0 Å². The van der Waals surface area contributed by atoms with Crippen LogP contribution in [0.25, 0.3) is 0 Å². The molecule has 0 unspecified atom stereocenters. The van der Waals surface area contributed by atoms with Crippen molar-refractivity contribution in [2.24, 2.45) is 0 Å². The van der Waals surface area contributed by atoms with Crippen molar-refractivity contribution >= 4 is 5.69 Å². The van der Waals surface area contributed by atoms with Gasteiger partial charge in [-0.2, -0.15) is 0 Å². The van der Waals surface area contributed by atoms with E-state index in [0.717, 1.165) is 12.8 Å². The molecule has 0 bridgehead atoms. The van der Waals surface area contributed by atoms with Gasteiger partial charge < -0.3 is 9.64 Å². The number of benzene rings is 1. The van der Waals surface area contributed by atoms with Crippen LogP contribution in [-0.4, -0.2) is 26.3 Å². The lowest BCUT2D eigenvalue weighted by Crippen LogP contribution is -2.46. The van der Waals surface area contributed by atoms with E-state index in [1.165, 1.54) is 11.3 Å². The molecule has 2 heteroatoms. The number of rotatable bonds is 3. The average molecular weight is 205 g/mol. The van der Waals surface area contributed by atoms with Gasteiger partial charge in [0.05, 0.1) is 6.10 Å². The first-order chi connectivity index (χ1) is 7.20. The lowest BCUT2D eigenvalue weighted by atomic mass is 9.88. The maximum atomic E-state index is 5.29. The van der Waals surface area contributed by atoms with Gasteiger partial charge in [-0.25, -0.2) is 0 Å². The van der Waals surface area contributed by atoms with E-state index in [-0.39, 0.29) is 0 Å². The summed E-state index contributed by atoms with van der Waals surface area (Å²) < 4.78 is 5.29. The van der Waals surface area contributed by atoms with Gasteiger partial charge in [0.1, 0.15) is 0 Å². The van der Waals surface area contributed by atoms with E-state index >= 15 is 0 Å². The lowest BCUT2D eigenvalue weighted by molar-refractivity contribution is 0.0266. The van der Waals surface area contributed by atoms with E-state index in [9.17, 15) is 0 Å². The molecule has 0 saturated heterocycles. The van der Waals surface area contributed by atoms with Crippen molar-refractivity contribution in [2.75, 3.05) is 19.1 Å². The fraction of sp³-hybridized carbons (Fsp3) is 0.538. The Morgan fingerprint density at radius 3 is 2.33 bits per heavy atom. The zero-order chi connectivity index (χ0) is 10.8. The number of aryl methyl sites for hydroxylation is 1. The van der Waals surface area contributed by atoms with Crippen LogP contribution in [-0.2, 0) is 4.74 Å². The Labute approximate surface area is 91.9 Å². The molecule has 15 heavy (non-hydrogen) atoms. The highest BCUT2D eigenvalue weighted by Gasteiger charge is 2.31. The summed E-state index contributed by atoms with van der Waals surface area (Å²) in [6.45, 7) is 2.12. The van der Waals surface area contributed by atoms with E-state index in [1.807, 2.05) is 0 Å². The Balaban J connectivity index is 1.97. The summed E-state index contributed by atoms with van der Waals surface area (Å²) in [5.74, 6) is 0. The third-order valence-electron chi connectivity index (χ3n) is 3.39. The molecule has 0 N–H and O–H groups in total. The Kier molecular flexibility index (Phi) is 2.96. The van der Waals surface area contributed by atoms with Gasteiger partial charge in [-0.15, -0.1) is 0 Å². The van der Waals surface area contributed by atoms with Crippen LogP contribution in [0.4, 0.5) is 5.69 Å². The van der Waals surface area contributed by atoms with Gasteiger partial charge in [0.15, 0.2) is 0 Å². The first-order valence-electron chi connectivity index (χ1n) is 5.53. The van der Waals surface area contributed by atoms with Gasteiger partial charge in [-0.3, -0.25) is 0 Å². The van der Waals surface area contributed by atoms with Crippen molar-refractivity contribution in [3.8, 4) is 0 Å². The molecule has 2 nitrogen and oxygen atoms in total. The molecule has 0 atom stereocenters. The maximum Gasteiger partial charge on any atom is 0.0610 e. The van der Waals surface area contributed by atoms with Crippen LogP contribution in [0.2, 0.25) is 0 Å². The summed E-state index contributed by atoms with van der Waals surface area (Å²) in [5.41, 5.74) is 2.62. The molecule has 1 aromatic rings. The van der Waals surface area contributed by atoms with Gasteiger partial charge >= 0.3 is 0 Å². The maximum absolute atomic E-state index is 5.29. The van der Waals surface area contributed by atoms with Crippen LogP contribution in [0.1, 0.15) is 18.4 Å². The monoisotopic (exact) mass is 205 g/mol. The number of anilines is 1. The summed E-state index contributed by atoms with van der Waals surface area (Å²) in [5, 5.41) is 0. The minimum atomic E-state index is 0.475. The molecule has 1 aliphatic rings. The third kappa shape index (κ3) is 2.15.